The highest BCUT2D eigenvalue weighted by atomic mass is 19.1. The van der Waals surface area contributed by atoms with Gasteiger partial charge in [0.25, 0.3) is 0 Å². The van der Waals surface area contributed by atoms with Crippen molar-refractivity contribution in [1.29, 1.82) is 0 Å². The number of aryl methyl sites for hydroxylation is 1. The van der Waals surface area contributed by atoms with Gasteiger partial charge in [0.2, 0.25) is 0 Å². The number of fused-ring (bicyclic) bond motifs is 1. The molecule has 15 heavy (non-hydrogen) atoms. The first-order valence-electron chi connectivity index (χ1n) is 5.83. The molecule has 1 aromatic carbocycles. The molecular formula is C13H16FN. The van der Waals surface area contributed by atoms with E-state index in [-0.39, 0.29) is 5.82 Å². The van der Waals surface area contributed by atoms with Crippen LogP contribution in [0.4, 0.5) is 4.39 Å². The molecule has 1 aliphatic heterocycles. The first-order valence-corrected chi connectivity index (χ1v) is 5.83. The van der Waals surface area contributed by atoms with Gasteiger partial charge in [-0.25, -0.2) is 4.39 Å². The van der Waals surface area contributed by atoms with Gasteiger partial charge in [0.05, 0.1) is 0 Å². The van der Waals surface area contributed by atoms with Gasteiger partial charge in [-0.05, 0) is 67.4 Å². The summed E-state index contributed by atoms with van der Waals surface area (Å²) in [7, 11) is 0. The lowest BCUT2D eigenvalue weighted by molar-refractivity contribution is 0.455. The fraction of sp³-hybridized carbons (Fsp3) is 0.538. The van der Waals surface area contributed by atoms with E-state index in [0.29, 0.717) is 5.92 Å². The van der Waals surface area contributed by atoms with E-state index in [1.807, 2.05) is 6.07 Å². The minimum Gasteiger partial charge on any atom is -0.316 e. The Labute approximate surface area is 89.7 Å². The maximum Gasteiger partial charge on any atom is 0.123 e. The molecule has 0 amide bonds. The summed E-state index contributed by atoms with van der Waals surface area (Å²) in [6, 6.07) is 5.33. The third-order valence-electron chi connectivity index (χ3n) is 3.90. The van der Waals surface area contributed by atoms with Gasteiger partial charge >= 0.3 is 0 Å². The van der Waals surface area contributed by atoms with Gasteiger partial charge in [0.1, 0.15) is 5.82 Å². The predicted molar refractivity (Wildman–Crippen MR) is 58.4 cm³/mol. The summed E-state index contributed by atoms with van der Waals surface area (Å²) in [5.41, 5.74) is 2.65. The Balaban J connectivity index is 1.90. The minimum absolute atomic E-state index is 0.0843. The molecule has 1 heterocycles. The largest absolute Gasteiger partial charge is 0.316 e. The molecule has 2 unspecified atom stereocenters. The Kier molecular flexibility index (Phi) is 2.24. The lowest BCUT2D eigenvalue weighted by Crippen LogP contribution is -2.14. The average Bonchev–Trinajstić information content (AvgIpc) is 2.82. The van der Waals surface area contributed by atoms with Gasteiger partial charge in [-0.2, -0.15) is 0 Å². The van der Waals surface area contributed by atoms with E-state index in [9.17, 15) is 4.39 Å². The van der Waals surface area contributed by atoms with E-state index in [0.717, 1.165) is 25.4 Å². The molecule has 1 aromatic rings. The summed E-state index contributed by atoms with van der Waals surface area (Å²) in [6.45, 7) is 2.29. The predicted octanol–water partition coefficient (Wildman–Crippen LogP) is 2.46. The van der Waals surface area contributed by atoms with Crippen LogP contribution in [0.5, 0.6) is 0 Å². The van der Waals surface area contributed by atoms with Crippen LogP contribution < -0.4 is 5.32 Å². The van der Waals surface area contributed by atoms with E-state index < -0.39 is 0 Å². The topological polar surface area (TPSA) is 12.0 Å². The Morgan fingerprint density at radius 2 is 2.20 bits per heavy atom. The van der Waals surface area contributed by atoms with E-state index >= 15 is 0 Å². The number of halogens is 1. The number of hydrogen-bond donors (Lipinski definition) is 1. The van der Waals surface area contributed by atoms with Crippen LogP contribution in [0.1, 0.15) is 29.9 Å². The summed E-state index contributed by atoms with van der Waals surface area (Å²) in [5, 5.41) is 3.42. The maximum atomic E-state index is 13.1. The summed E-state index contributed by atoms with van der Waals surface area (Å²) >= 11 is 0. The zero-order chi connectivity index (χ0) is 10.3. The second-order valence-corrected chi connectivity index (χ2v) is 4.74. The summed E-state index contributed by atoms with van der Waals surface area (Å²) in [5.74, 6) is 1.37. The summed E-state index contributed by atoms with van der Waals surface area (Å²) in [4.78, 5) is 0. The molecule has 1 aliphatic carbocycles. The molecule has 1 fully saturated rings. The van der Waals surface area contributed by atoms with Crippen molar-refractivity contribution in [2.24, 2.45) is 5.92 Å². The zero-order valence-electron chi connectivity index (χ0n) is 8.80. The molecule has 80 valence electrons. The molecule has 0 bridgehead atoms. The molecular weight excluding hydrogens is 189 g/mol. The van der Waals surface area contributed by atoms with Crippen LogP contribution >= 0.6 is 0 Å². The molecule has 1 nitrogen and oxygen atoms in total. The second kappa shape index (κ2) is 3.60. The number of hydrogen-bond acceptors (Lipinski definition) is 1. The lowest BCUT2D eigenvalue weighted by Gasteiger charge is -2.18. The van der Waals surface area contributed by atoms with Crippen LogP contribution in [0, 0.1) is 11.7 Å². The molecule has 3 rings (SSSR count). The molecule has 1 saturated heterocycles. The van der Waals surface area contributed by atoms with Crippen LogP contribution in [0.3, 0.4) is 0 Å². The quantitative estimate of drug-likeness (QED) is 0.742. The third-order valence-corrected chi connectivity index (χ3v) is 3.90. The highest BCUT2D eigenvalue weighted by Crippen LogP contribution is 2.40. The Morgan fingerprint density at radius 1 is 1.27 bits per heavy atom. The van der Waals surface area contributed by atoms with Crippen molar-refractivity contribution in [3.8, 4) is 0 Å². The highest BCUT2D eigenvalue weighted by molar-refractivity contribution is 5.36. The minimum atomic E-state index is -0.0843. The van der Waals surface area contributed by atoms with Crippen molar-refractivity contribution in [3.05, 3.63) is 35.1 Å². The van der Waals surface area contributed by atoms with Crippen molar-refractivity contribution < 1.29 is 4.39 Å². The van der Waals surface area contributed by atoms with Gasteiger partial charge in [-0.3, -0.25) is 0 Å². The van der Waals surface area contributed by atoms with Gasteiger partial charge < -0.3 is 5.32 Å². The molecule has 2 atom stereocenters. The molecule has 0 radical (unpaired) electrons. The molecule has 2 heteroatoms. The summed E-state index contributed by atoms with van der Waals surface area (Å²) in [6.07, 6.45) is 3.56. The van der Waals surface area contributed by atoms with Crippen LogP contribution in [0.25, 0.3) is 0 Å². The standard InChI is InChI=1S/C13H16FN/c14-11-2-4-12-9(7-11)1-3-13(12)10-5-6-15-8-10/h2,4,7,10,13,15H,1,3,5-6,8H2. The van der Waals surface area contributed by atoms with Gasteiger partial charge in [-0.1, -0.05) is 6.07 Å². The molecule has 0 aromatic heterocycles. The molecule has 1 N–H and O–H groups in total. The number of rotatable bonds is 1. The molecule has 0 spiro atoms. The van der Waals surface area contributed by atoms with Gasteiger partial charge in [0.15, 0.2) is 0 Å². The highest BCUT2D eigenvalue weighted by Gasteiger charge is 2.31. The lowest BCUT2D eigenvalue weighted by atomic mass is 9.87. The van der Waals surface area contributed by atoms with Gasteiger partial charge in [0, 0.05) is 0 Å². The van der Waals surface area contributed by atoms with Gasteiger partial charge in [-0.15, -0.1) is 0 Å². The number of benzene rings is 1. The average molecular weight is 205 g/mol. The van der Waals surface area contributed by atoms with E-state index in [4.69, 9.17) is 0 Å². The maximum absolute atomic E-state index is 13.1. The third kappa shape index (κ3) is 1.57. The Hall–Kier alpha value is -0.890. The van der Waals surface area contributed by atoms with E-state index in [1.54, 1.807) is 12.1 Å². The second-order valence-electron chi connectivity index (χ2n) is 4.74. The van der Waals surface area contributed by atoms with Crippen LogP contribution in [-0.4, -0.2) is 13.1 Å². The van der Waals surface area contributed by atoms with Crippen LogP contribution in [-0.2, 0) is 6.42 Å². The van der Waals surface area contributed by atoms with Crippen molar-refractivity contribution in [1.82, 2.24) is 5.32 Å². The fourth-order valence-corrected chi connectivity index (χ4v) is 3.13. The van der Waals surface area contributed by atoms with E-state index in [1.165, 1.54) is 24.0 Å². The van der Waals surface area contributed by atoms with Crippen molar-refractivity contribution in [2.75, 3.05) is 13.1 Å². The fourth-order valence-electron chi connectivity index (χ4n) is 3.13. The molecule has 0 saturated carbocycles. The number of nitrogens with one attached hydrogen (secondary N) is 1. The Bertz CT molecular complexity index is 369. The van der Waals surface area contributed by atoms with Crippen LogP contribution in [0.15, 0.2) is 18.2 Å². The first kappa shape index (κ1) is 9.34. The summed E-state index contributed by atoms with van der Waals surface area (Å²) < 4.78 is 13.1. The first-order chi connectivity index (χ1) is 7.34. The van der Waals surface area contributed by atoms with Crippen molar-refractivity contribution in [2.45, 2.75) is 25.2 Å². The Morgan fingerprint density at radius 3 is 3.00 bits per heavy atom. The SMILES string of the molecule is Fc1ccc2c(c1)CCC2C1CCNC1. The van der Waals surface area contributed by atoms with E-state index in [2.05, 4.69) is 5.32 Å². The van der Waals surface area contributed by atoms with Crippen LogP contribution in [0.2, 0.25) is 0 Å². The zero-order valence-corrected chi connectivity index (χ0v) is 8.80. The molecule has 2 aliphatic rings. The smallest absolute Gasteiger partial charge is 0.123 e. The monoisotopic (exact) mass is 205 g/mol. The normalized spacial score (nSPS) is 29.4. The van der Waals surface area contributed by atoms with Crippen molar-refractivity contribution >= 4 is 0 Å². The van der Waals surface area contributed by atoms with Crippen molar-refractivity contribution in [3.63, 3.8) is 0 Å².